The van der Waals surface area contributed by atoms with Gasteiger partial charge in [0.25, 0.3) is 5.91 Å². The summed E-state index contributed by atoms with van der Waals surface area (Å²) in [5.74, 6) is -1.55. The van der Waals surface area contributed by atoms with Gasteiger partial charge in [-0.05, 0) is 17.7 Å². The van der Waals surface area contributed by atoms with Crippen molar-refractivity contribution < 1.29 is 19.1 Å². The molecule has 1 atom stereocenters. The van der Waals surface area contributed by atoms with Crippen molar-refractivity contribution in [3.8, 4) is 0 Å². The molecule has 0 radical (unpaired) electrons. The first-order valence-electron chi connectivity index (χ1n) is 5.76. The third kappa shape index (κ3) is 3.45. The highest BCUT2D eigenvalue weighted by molar-refractivity contribution is 5.91. The van der Waals surface area contributed by atoms with Crippen LogP contribution in [0.4, 0.5) is 0 Å². The molecular formula is C14H12NO4-. The summed E-state index contributed by atoms with van der Waals surface area (Å²) in [5.41, 5.74) is 0.701. The van der Waals surface area contributed by atoms with Gasteiger partial charge in [-0.2, -0.15) is 0 Å². The molecule has 98 valence electrons. The summed E-state index contributed by atoms with van der Waals surface area (Å²) in [7, 11) is 0. The van der Waals surface area contributed by atoms with E-state index in [1.165, 1.54) is 12.3 Å². The van der Waals surface area contributed by atoms with Crippen LogP contribution in [-0.2, 0) is 4.79 Å². The lowest BCUT2D eigenvalue weighted by molar-refractivity contribution is -0.306. The molecule has 1 heterocycles. The lowest BCUT2D eigenvalue weighted by Crippen LogP contribution is -2.34. The molecule has 2 rings (SSSR count). The highest BCUT2D eigenvalue weighted by Crippen LogP contribution is 2.17. The number of carbonyl (C=O) groups excluding carboxylic acids is 2. The molecule has 1 aromatic heterocycles. The number of hydrogen-bond acceptors (Lipinski definition) is 4. The molecule has 0 aliphatic rings. The molecule has 0 bridgehead atoms. The Labute approximate surface area is 109 Å². The van der Waals surface area contributed by atoms with Crippen LogP contribution in [0.3, 0.4) is 0 Å². The zero-order valence-electron chi connectivity index (χ0n) is 10.0. The number of carboxylic acids is 1. The monoisotopic (exact) mass is 258 g/mol. The van der Waals surface area contributed by atoms with E-state index in [4.69, 9.17) is 4.42 Å². The zero-order chi connectivity index (χ0) is 13.7. The lowest BCUT2D eigenvalue weighted by Gasteiger charge is -2.19. The summed E-state index contributed by atoms with van der Waals surface area (Å²) in [6, 6.07) is 11.3. The number of carboxylic acid groups (broad SMARTS) is 1. The molecule has 0 unspecified atom stereocenters. The number of hydrogen-bond donors (Lipinski definition) is 1. The molecule has 0 fully saturated rings. The standard InChI is InChI=1S/C14H13NO4/c16-13(17)9-11(10-5-2-1-3-6-10)15-14(18)12-7-4-8-19-12/h1-8,11H,9H2,(H,15,18)(H,16,17)/p-1/t11-/m0/s1. The van der Waals surface area contributed by atoms with Gasteiger partial charge >= 0.3 is 0 Å². The van der Waals surface area contributed by atoms with Crippen LogP contribution in [0, 0.1) is 0 Å². The van der Waals surface area contributed by atoms with Crippen LogP contribution in [0.15, 0.2) is 53.1 Å². The molecule has 0 spiro atoms. The average molecular weight is 258 g/mol. The summed E-state index contributed by atoms with van der Waals surface area (Å²) in [6.07, 6.45) is 1.08. The van der Waals surface area contributed by atoms with Crippen molar-refractivity contribution in [3.63, 3.8) is 0 Å². The van der Waals surface area contributed by atoms with Crippen LogP contribution in [0.1, 0.15) is 28.6 Å². The first-order valence-corrected chi connectivity index (χ1v) is 5.76. The first-order chi connectivity index (χ1) is 9.16. The van der Waals surface area contributed by atoms with Gasteiger partial charge in [0, 0.05) is 12.4 Å². The van der Waals surface area contributed by atoms with Crippen LogP contribution in [0.25, 0.3) is 0 Å². The molecule has 1 aromatic carbocycles. The number of benzene rings is 1. The molecule has 0 saturated carbocycles. The van der Waals surface area contributed by atoms with Crippen LogP contribution in [-0.4, -0.2) is 11.9 Å². The fourth-order valence-corrected chi connectivity index (χ4v) is 1.74. The summed E-state index contributed by atoms with van der Waals surface area (Å²) in [4.78, 5) is 22.6. The van der Waals surface area contributed by atoms with E-state index in [0.29, 0.717) is 5.56 Å². The van der Waals surface area contributed by atoms with Crippen LogP contribution >= 0.6 is 0 Å². The average Bonchev–Trinajstić information content (AvgIpc) is 2.92. The van der Waals surface area contributed by atoms with Gasteiger partial charge in [-0.1, -0.05) is 30.3 Å². The van der Waals surface area contributed by atoms with Crippen LogP contribution in [0.5, 0.6) is 0 Å². The number of furan rings is 1. The number of carbonyl (C=O) groups is 2. The smallest absolute Gasteiger partial charge is 0.287 e. The molecular weight excluding hydrogens is 246 g/mol. The highest BCUT2D eigenvalue weighted by Gasteiger charge is 2.17. The number of amides is 1. The van der Waals surface area contributed by atoms with E-state index in [1.54, 1.807) is 30.3 Å². The molecule has 0 saturated heterocycles. The zero-order valence-corrected chi connectivity index (χ0v) is 10.0. The minimum atomic E-state index is -1.23. The summed E-state index contributed by atoms with van der Waals surface area (Å²) >= 11 is 0. The molecule has 2 aromatic rings. The Bertz CT molecular complexity index is 548. The predicted octanol–water partition coefficient (Wildman–Crippen LogP) is 0.891. The maximum Gasteiger partial charge on any atom is 0.287 e. The van der Waals surface area contributed by atoms with Crippen molar-refractivity contribution in [3.05, 3.63) is 60.1 Å². The molecule has 5 heteroatoms. The largest absolute Gasteiger partial charge is 0.550 e. The number of aliphatic carboxylic acids is 1. The topological polar surface area (TPSA) is 82.4 Å². The van der Waals surface area contributed by atoms with E-state index in [1.807, 2.05) is 6.07 Å². The van der Waals surface area contributed by atoms with E-state index in [0.717, 1.165) is 0 Å². The van der Waals surface area contributed by atoms with Gasteiger partial charge < -0.3 is 19.6 Å². The quantitative estimate of drug-likeness (QED) is 0.863. The number of nitrogens with one attached hydrogen (secondary N) is 1. The van der Waals surface area contributed by atoms with Gasteiger partial charge in [0.1, 0.15) is 0 Å². The summed E-state index contributed by atoms with van der Waals surface area (Å²) in [5, 5.41) is 13.4. The molecule has 0 aliphatic heterocycles. The number of rotatable bonds is 5. The minimum Gasteiger partial charge on any atom is -0.550 e. The summed E-state index contributed by atoms with van der Waals surface area (Å²) in [6.45, 7) is 0. The van der Waals surface area contributed by atoms with Crippen molar-refractivity contribution in [2.45, 2.75) is 12.5 Å². The normalized spacial score (nSPS) is 11.8. The third-order valence-corrected chi connectivity index (χ3v) is 2.62. The lowest BCUT2D eigenvalue weighted by atomic mass is 10.0. The van der Waals surface area contributed by atoms with E-state index in [9.17, 15) is 14.7 Å². The predicted molar refractivity (Wildman–Crippen MR) is 65.0 cm³/mol. The Balaban J connectivity index is 2.15. The Kier molecular flexibility index (Phi) is 3.97. The highest BCUT2D eigenvalue weighted by atomic mass is 16.4. The fourth-order valence-electron chi connectivity index (χ4n) is 1.74. The van der Waals surface area contributed by atoms with Gasteiger partial charge in [-0.15, -0.1) is 0 Å². The van der Waals surface area contributed by atoms with Crippen molar-refractivity contribution >= 4 is 11.9 Å². The van der Waals surface area contributed by atoms with Gasteiger partial charge in [0.15, 0.2) is 5.76 Å². The van der Waals surface area contributed by atoms with Gasteiger partial charge in [-0.25, -0.2) is 0 Å². The molecule has 19 heavy (non-hydrogen) atoms. The molecule has 0 aliphatic carbocycles. The van der Waals surface area contributed by atoms with Gasteiger partial charge in [0.2, 0.25) is 0 Å². The molecule has 1 N–H and O–H groups in total. The van der Waals surface area contributed by atoms with Crippen molar-refractivity contribution in [2.24, 2.45) is 0 Å². The minimum absolute atomic E-state index is 0.138. The van der Waals surface area contributed by atoms with Crippen molar-refractivity contribution in [1.82, 2.24) is 5.32 Å². The third-order valence-electron chi connectivity index (χ3n) is 2.62. The first kappa shape index (κ1) is 12.9. The maximum absolute atomic E-state index is 11.9. The molecule has 1 amide bonds. The Hall–Kier alpha value is -2.56. The van der Waals surface area contributed by atoms with Gasteiger partial charge in [-0.3, -0.25) is 4.79 Å². The summed E-state index contributed by atoms with van der Waals surface area (Å²) < 4.78 is 4.96. The van der Waals surface area contributed by atoms with Crippen LogP contribution < -0.4 is 10.4 Å². The SMILES string of the molecule is O=C([O-])C[C@H](NC(=O)c1ccco1)c1ccccc1. The Morgan fingerprint density at radius 1 is 1.16 bits per heavy atom. The van der Waals surface area contributed by atoms with Crippen molar-refractivity contribution in [1.29, 1.82) is 0 Å². The second kappa shape index (κ2) is 5.86. The molecule has 5 nitrogen and oxygen atoms in total. The Morgan fingerprint density at radius 2 is 1.89 bits per heavy atom. The van der Waals surface area contributed by atoms with E-state index < -0.39 is 17.9 Å². The second-order valence-corrected chi connectivity index (χ2v) is 3.99. The van der Waals surface area contributed by atoms with Crippen LogP contribution in [0.2, 0.25) is 0 Å². The second-order valence-electron chi connectivity index (χ2n) is 3.99. The van der Waals surface area contributed by atoms with Crippen molar-refractivity contribution in [2.75, 3.05) is 0 Å². The fraction of sp³-hybridized carbons (Fsp3) is 0.143. The maximum atomic E-state index is 11.9. The van der Waals surface area contributed by atoms with Gasteiger partial charge in [0.05, 0.1) is 12.3 Å². The Morgan fingerprint density at radius 3 is 2.47 bits per heavy atom. The van der Waals surface area contributed by atoms with E-state index >= 15 is 0 Å². The van der Waals surface area contributed by atoms with E-state index in [2.05, 4.69) is 5.32 Å². The van der Waals surface area contributed by atoms with E-state index in [-0.39, 0.29) is 12.2 Å².